The van der Waals surface area contributed by atoms with Crippen LogP contribution in [0.4, 0.5) is 0 Å². The first kappa shape index (κ1) is 14.6. The molecule has 1 amide bonds. The average Bonchev–Trinajstić information content (AvgIpc) is 2.11. The zero-order chi connectivity index (χ0) is 13.6. The first-order valence-corrected chi connectivity index (χ1v) is 9.88. The third-order valence-corrected chi connectivity index (χ3v) is 10.3. The van der Waals surface area contributed by atoms with E-state index in [1.165, 1.54) is 11.8 Å². The first-order valence-electron chi connectivity index (χ1n) is 5.64. The SMILES string of the molecule is CS[C@H]1C(=O)N([Si](C)(C)C(C)(C)C)[C@@H]1C(=O)O. The average molecular weight is 275 g/mol. The molecule has 0 aromatic heterocycles. The Morgan fingerprint density at radius 2 is 1.88 bits per heavy atom. The second kappa shape index (κ2) is 4.31. The molecule has 0 radical (unpaired) electrons. The predicted molar refractivity (Wildman–Crippen MR) is 72.8 cm³/mol. The van der Waals surface area contributed by atoms with E-state index in [0.717, 1.165) is 0 Å². The lowest BCUT2D eigenvalue weighted by Crippen LogP contribution is -2.76. The molecule has 0 unspecified atom stereocenters. The molecule has 1 fully saturated rings. The molecule has 1 aliphatic rings. The van der Waals surface area contributed by atoms with E-state index in [0.29, 0.717) is 0 Å². The van der Waals surface area contributed by atoms with Gasteiger partial charge in [0, 0.05) is 0 Å². The highest BCUT2D eigenvalue weighted by Gasteiger charge is 2.59. The van der Waals surface area contributed by atoms with Crippen LogP contribution in [0.1, 0.15) is 20.8 Å². The molecule has 98 valence electrons. The molecule has 0 aromatic rings. The van der Waals surface area contributed by atoms with Crippen molar-refractivity contribution in [3.05, 3.63) is 0 Å². The number of β-lactam (4-membered cyclic amide) rings is 1. The van der Waals surface area contributed by atoms with E-state index in [1.54, 1.807) is 10.8 Å². The van der Waals surface area contributed by atoms with Gasteiger partial charge in [0.15, 0.2) is 8.24 Å². The van der Waals surface area contributed by atoms with Crippen LogP contribution in [0, 0.1) is 0 Å². The Bertz CT molecular complexity index is 351. The lowest BCUT2D eigenvalue weighted by atomic mass is 10.1. The number of amides is 1. The smallest absolute Gasteiger partial charge is 0.327 e. The summed E-state index contributed by atoms with van der Waals surface area (Å²) in [6, 6.07) is -0.640. The van der Waals surface area contributed by atoms with Gasteiger partial charge in [-0.3, -0.25) is 4.79 Å². The number of hydrogen-bond acceptors (Lipinski definition) is 3. The molecule has 2 atom stereocenters. The van der Waals surface area contributed by atoms with Crippen LogP contribution in [0.5, 0.6) is 0 Å². The van der Waals surface area contributed by atoms with Crippen LogP contribution in [0.25, 0.3) is 0 Å². The van der Waals surface area contributed by atoms with Crippen LogP contribution >= 0.6 is 11.8 Å². The zero-order valence-electron chi connectivity index (χ0n) is 11.3. The third kappa shape index (κ3) is 2.12. The predicted octanol–water partition coefficient (Wildman–Crippen LogP) is 2.02. The molecular formula is C11H21NO3SSi. The summed E-state index contributed by atoms with van der Waals surface area (Å²) in [4.78, 5) is 23.4. The summed E-state index contributed by atoms with van der Waals surface area (Å²) in [6.07, 6.45) is 1.79. The number of carbonyl (C=O) groups is 2. The van der Waals surface area contributed by atoms with E-state index in [-0.39, 0.29) is 10.9 Å². The summed E-state index contributed by atoms with van der Waals surface area (Å²) in [5, 5.41) is 8.84. The van der Waals surface area contributed by atoms with Gasteiger partial charge in [0.2, 0.25) is 5.91 Å². The van der Waals surface area contributed by atoms with Gasteiger partial charge in [-0.2, -0.15) is 0 Å². The van der Waals surface area contributed by atoms with Gasteiger partial charge < -0.3 is 9.67 Å². The highest BCUT2D eigenvalue weighted by Crippen LogP contribution is 2.45. The Morgan fingerprint density at radius 3 is 2.18 bits per heavy atom. The van der Waals surface area contributed by atoms with Crippen LogP contribution in [0.3, 0.4) is 0 Å². The summed E-state index contributed by atoms with van der Waals surface area (Å²) in [7, 11) is -2.08. The van der Waals surface area contributed by atoms with E-state index in [2.05, 4.69) is 33.9 Å². The van der Waals surface area contributed by atoms with Gasteiger partial charge in [-0.25, -0.2) is 4.79 Å². The van der Waals surface area contributed by atoms with Gasteiger partial charge in [0.1, 0.15) is 11.3 Å². The lowest BCUT2D eigenvalue weighted by molar-refractivity contribution is -0.155. The molecule has 0 spiro atoms. The quantitative estimate of drug-likeness (QED) is 0.632. The van der Waals surface area contributed by atoms with E-state index < -0.39 is 25.5 Å². The number of rotatable bonds is 3. The second-order valence-electron chi connectivity index (χ2n) is 5.96. The van der Waals surface area contributed by atoms with E-state index in [9.17, 15) is 14.7 Å². The van der Waals surface area contributed by atoms with Gasteiger partial charge in [0.05, 0.1) is 0 Å². The molecule has 0 aromatic carbocycles. The molecule has 17 heavy (non-hydrogen) atoms. The van der Waals surface area contributed by atoms with Crippen molar-refractivity contribution >= 4 is 31.9 Å². The topological polar surface area (TPSA) is 57.6 Å². The first-order chi connectivity index (χ1) is 7.55. The highest BCUT2D eigenvalue weighted by atomic mass is 32.2. The number of aliphatic carboxylic acids is 1. The van der Waals surface area contributed by atoms with Crippen molar-refractivity contribution in [1.82, 2.24) is 4.57 Å². The van der Waals surface area contributed by atoms with E-state index in [4.69, 9.17) is 0 Å². The maximum Gasteiger partial charge on any atom is 0.327 e. The number of carboxylic acid groups (broad SMARTS) is 1. The van der Waals surface area contributed by atoms with Crippen LogP contribution in [0.2, 0.25) is 18.1 Å². The van der Waals surface area contributed by atoms with Crippen LogP contribution < -0.4 is 0 Å². The summed E-state index contributed by atoms with van der Waals surface area (Å²) in [5.41, 5.74) is 0. The Kier molecular flexibility index (Phi) is 3.70. The van der Waals surface area contributed by atoms with Gasteiger partial charge in [-0.15, -0.1) is 11.8 Å². The third-order valence-electron chi connectivity index (χ3n) is 3.99. The number of carboxylic acids is 1. The lowest BCUT2D eigenvalue weighted by Gasteiger charge is -2.56. The molecule has 1 N–H and O–H groups in total. The number of carbonyl (C=O) groups excluding carboxylic acids is 1. The summed E-state index contributed by atoms with van der Waals surface area (Å²) in [5.74, 6) is -0.884. The van der Waals surface area contributed by atoms with Crippen molar-refractivity contribution in [3.63, 3.8) is 0 Å². The fourth-order valence-electron chi connectivity index (χ4n) is 1.92. The second-order valence-corrected chi connectivity index (χ2v) is 12.0. The van der Waals surface area contributed by atoms with Crippen molar-refractivity contribution in [1.29, 1.82) is 0 Å². The maximum absolute atomic E-state index is 12.1. The Hall–Kier alpha value is -0.493. The van der Waals surface area contributed by atoms with Gasteiger partial charge >= 0.3 is 5.97 Å². The molecule has 0 aliphatic carbocycles. The molecule has 1 rings (SSSR count). The van der Waals surface area contributed by atoms with E-state index in [1.807, 2.05) is 0 Å². The molecule has 1 aliphatic heterocycles. The number of thioether (sulfide) groups is 1. The van der Waals surface area contributed by atoms with Crippen molar-refractivity contribution < 1.29 is 14.7 Å². The van der Waals surface area contributed by atoms with E-state index >= 15 is 0 Å². The Balaban J connectivity index is 3.07. The molecule has 1 saturated heterocycles. The molecule has 1 heterocycles. The van der Waals surface area contributed by atoms with Gasteiger partial charge in [0.25, 0.3) is 0 Å². The molecule has 6 heteroatoms. The minimum atomic E-state index is -2.08. The highest BCUT2D eigenvalue weighted by molar-refractivity contribution is 8.00. The largest absolute Gasteiger partial charge is 0.480 e. The summed E-state index contributed by atoms with van der Waals surface area (Å²) in [6.45, 7) is 10.4. The summed E-state index contributed by atoms with van der Waals surface area (Å²) < 4.78 is 1.66. The zero-order valence-corrected chi connectivity index (χ0v) is 13.1. The van der Waals surface area contributed by atoms with Gasteiger partial charge in [-0.1, -0.05) is 33.9 Å². The minimum absolute atomic E-state index is 0.00325. The molecule has 0 saturated carbocycles. The van der Waals surface area contributed by atoms with Crippen LogP contribution in [-0.2, 0) is 9.59 Å². The van der Waals surface area contributed by atoms with Crippen molar-refractivity contribution in [2.75, 3.05) is 6.26 Å². The standard InChI is InChI=1S/C11H21NO3SSi/c1-11(2,3)17(5,6)12-7(10(14)15)8(16-4)9(12)13/h7-8H,1-6H3,(H,14,15)/t7-,8+/m0/s1. The van der Waals surface area contributed by atoms with Crippen LogP contribution in [-0.4, -0.2) is 47.3 Å². The van der Waals surface area contributed by atoms with Crippen molar-refractivity contribution in [2.24, 2.45) is 0 Å². The Morgan fingerprint density at radius 1 is 1.41 bits per heavy atom. The summed E-state index contributed by atoms with van der Waals surface area (Å²) >= 11 is 1.34. The normalized spacial score (nSPS) is 25.8. The molecule has 0 bridgehead atoms. The van der Waals surface area contributed by atoms with Crippen molar-refractivity contribution in [3.8, 4) is 0 Å². The van der Waals surface area contributed by atoms with Gasteiger partial charge in [-0.05, 0) is 11.3 Å². The maximum atomic E-state index is 12.1. The van der Waals surface area contributed by atoms with Crippen LogP contribution in [0.15, 0.2) is 0 Å². The fraction of sp³-hybridized carbons (Fsp3) is 0.818. The number of hydrogen-bond donors (Lipinski definition) is 1. The Labute approximate surface area is 108 Å². The molecular weight excluding hydrogens is 254 g/mol. The fourth-order valence-corrected chi connectivity index (χ4v) is 5.30. The van der Waals surface area contributed by atoms with Crippen molar-refractivity contribution in [2.45, 2.75) is 50.2 Å². The molecule has 4 nitrogen and oxygen atoms in total. The number of nitrogens with zero attached hydrogens (tertiary/aromatic N) is 1. The minimum Gasteiger partial charge on any atom is -0.480 e. The monoisotopic (exact) mass is 275 g/mol.